The number of alkyl halides is 3. The van der Waals surface area contributed by atoms with Crippen molar-refractivity contribution >= 4 is 17.8 Å². The van der Waals surface area contributed by atoms with Crippen LogP contribution < -0.4 is 0 Å². The third-order valence-electron chi connectivity index (χ3n) is 4.77. The van der Waals surface area contributed by atoms with Gasteiger partial charge < -0.3 is 14.9 Å². The van der Waals surface area contributed by atoms with E-state index < -0.39 is 30.2 Å². The molecule has 0 radical (unpaired) electrons. The van der Waals surface area contributed by atoms with Crippen LogP contribution in [0.1, 0.15) is 30.4 Å². The van der Waals surface area contributed by atoms with E-state index in [1.807, 2.05) is 0 Å². The molecule has 0 spiro atoms. The Kier molecular flexibility index (Phi) is 5.12. The summed E-state index contributed by atoms with van der Waals surface area (Å²) in [6.45, 7) is -0.340. The monoisotopic (exact) mass is 384 g/mol. The standard InChI is InChI=1S/C18H19F3N2O4/c19-18(20,21)13-3-1-2-11(6-13)8-22-9-12(7-15(22)24)17(27)23(10-16(25)26)14-4-5-14/h1-3,6,12,14H,4-5,7-10H2,(H,25,26). The van der Waals surface area contributed by atoms with Crippen molar-refractivity contribution in [3.63, 3.8) is 0 Å². The van der Waals surface area contributed by atoms with Crippen molar-refractivity contribution in [2.24, 2.45) is 5.92 Å². The molecule has 0 aromatic heterocycles. The minimum absolute atomic E-state index is 0.0190. The lowest BCUT2D eigenvalue weighted by atomic mass is 10.1. The van der Waals surface area contributed by atoms with Crippen LogP contribution in [0.2, 0.25) is 0 Å². The van der Waals surface area contributed by atoms with Gasteiger partial charge in [-0.25, -0.2) is 0 Å². The lowest BCUT2D eigenvalue weighted by Gasteiger charge is -2.24. The van der Waals surface area contributed by atoms with Crippen LogP contribution in [0.25, 0.3) is 0 Å². The van der Waals surface area contributed by atoms with Gasteiger partial charge in [-0.15, -0.1) is 0 Å². The zero-order chi connectivity index (χ0) is 19.8. The van der Waals surface area contributed by atoms with Crippen LogP contribution in [0.4, 0.5) is 13.2 Å². The number of aliphatic carboxylic acids is 1. The van der Waals surface area contributed by atoms with Crippen LogP contribution in [-0.2, 0) is 27.1 Å². The molecule has 1 saturated heterocycles. The highest BCUT2D eigenvalue weighted by molar-refractivity contribution is 5.91. The first-order valence-corrected chi connectivity index (χ1v) is 8.61. The molecule has 1 unspecified atom stereocenters. The van der Waals surface area contributed by atoms with Gasteiger partial charge >= 0.3 is 12.1 Å². The van der Waals surface area contributed by atoms with Gasteiger partial charge in [-0.1, -0.05) is 12.1 Å². The molecule has 1 N–H and O–H groups in total. The van der Waals surface area contributed by atoms with Gasteiger partial charge in [0.2, 0.25) is 11.8 Å². The minimum Gasteiger partial charge on any atom is -0.480 e. The zero-order valence-electron chi connectivity index (χ0n) is 14.4. The molecule has 2 amide bonds. The van der Waals surface area contributed by atoms with E-state index in [4.69, 9.17) is 5.11 Å². The molecule has 0 bridgehead atoms. The molecule has 1 saturated carbocycles. The number of nitrogens with zero attached hydrogens (tertiary/aromatic N) is 2. The fourth-order valence-electron chi connectivity index (χ4n) is 3.31. The maximum atomic E-state index is 12.8. The summed E-state index contributed by atoms with van der Waals surface area (Å²) >= 11 is 0. The van der Waals surface area contributed by atoms with E-state index in [2.05, 4.69) is 0 Å². The summed E-state index contributed by atoms with van der Waals surface area (Å²) in [5.41, 5.74) is -0.462. The number of hydrogen-bond acceptors (Lipinski definition) is 3. The average Bonchev–Trinajstić information content (AvgIpc) is 3.36. The molecule has 27 heavy (non-hydrogen) atoms. The Balaban J connectivity index is 1.67. The van der Waals surface area contributed by atoms with Gasteiger partial charge in [0.25, 0.3) is 0 Å². The van der Waals surface area contributed by atoms with Crippen LogP contribution in [0.5, 0.6) is 0 Å². The topological polar surface area (TPSA) is 77.9 Å². The first-order valence-electron chi connectivity index (χ1n) is 8.61. The summed E-state index contributed by atoms with van der Waals surface area (Å²) in [4.78, 5) is 38.5. The first kappa shape index (κ1) is 19.2. The summed E-state index contributed by atoms with van der Waals surface area (Å²) < 4.78 is 38.5. The van der Waals surface area contributed by atoms with Gasteiger partial charge in [-0.3, -0.25) is 14.4 Å². The highest BCUT2D eigenvalue weighted by Gasteiger charge is 2.41. The van der Waals surface area contributed by atoms with Crippen molar-refractivity contribution in [1.29, 1.82) is 0 Å². The summed E-state index contributed by atoms with van der Waals surface area (Å²) in [5, 5.41) is 8.98. The largest absolute Gasteiger partial charge is 0.480 e. The second-order valence-corrected chi connectivity index (χ2v) is 6.96. The molecule has 1 aromatic rings. The van der Waals surface area contributed by atoms with E-state index in [9.17, 15) is 27.6 Å². The van der Waals surface area contributed by atoms with Crippen molar-refractivity contribution in [2.45, 2.75) is 38.0 Å². The zero-order valence-corrected chi connectivity index (χ0v) is 14.4. The van der Waals surface area contributed by atoms with E-state index >= 15 is 0 Å². The number of carboxylic acid groups (broad SMARTS) is 1. The second kappa shape index (κ2) is 7.21. The van der Waals surface area contributed by atoms with E-state index in [1.54, 1.807) is 0 Å². The predicted octanol–water partition coefficient (Wildman–Crippen LogP) is 2.13. The van der Waals surface area contributed by atoms with Gasteiger partial charge in [0.15, 0.2) is 0 Å². The SMILES string of the molecule is O=C(O)CN(C(=O)C1CC(=O)N(Cc2cccc(C(F)(F)F)c2)C1)C1CC1. The van der Waals surface area contributed by atoms with Gasteiger partial charge in [-0.05, 0) is 30.5 Å². The number of carboxylic acids is 1. The Labute approximate surface area is 153 Å². The van der Waals surface area contributed by atoms with Crippen LogP contribution in [0.15, 0.2) is 24.3 Å². The Morgan fingerprint density at radius 3 is 2.56 bits per heavy atom. The molecular weight excluding hydrogens is 365 g/mol. The van der Waals surface area contributed by atoms with Gasteiger partial charge in [0.1, 0.15) is 6.54 Å². The molecule has 2 aliphatic rings. The Morgan fingerprint density at radius 2 is 1.96 bits per heavy atom. The van der Waals surface area contributed by atoms with E-state index in [1.165, 1.54) is 21.9 Å². The van der Waals surface area contributed by atoms with Crippen molar-refractivity contribution in [1.82, 2.24) is 9.80 Å². The summed E-state index contributed by atoms with van der Waals surface area (Å²) in [6.07, 6.45) is -3.03. The smallest absolute Gasteiger partial charge is 0.416 e. The van der Waals surface area contributed by atoms with Crippen LogP contribution in [0.3, 0.4) is 0 Å². The summed E-state index contributed by atoms with van der Waals surface area (Å²) in [7, 11) is 0. The average molecular weight is 384 g/mol. The first-order chi connectivity index (χ1) is 12.6. The van der Waals surface area contributed by atoms with Gasteiger partial charge in [0, 0.05) is 25.6 Å². The molecule has 146 valence electrons. The molecule has 3 rings (SSSR count). The number of hydrogen-bond donors (Lipinski definition) is 1. The minimum atomic E-state index is -4.47. The maximum Gasteiger partial charge on any atom is 0.416 e. The van der Waals surface area contributed by atoms with E-state index in [0.29, 0.717) is 5.56 Å². The third-order valence-corrected chi connectivity index (χ3v) is 4.77. The van der Waals surface area contributed by atoms with Gasteiger partial charge in [0.05, 0.1) is 11.5 Å². The lowest BCUT2D eigenvalue weighted by molar-refractivity contribution is -0.146. The summed E-state index contributed by atoms with van der Waals surface area (Å²) in [6, 6.07) is 4.63. The number of carbonyl (C=O) groups excluding carboxylic acids is 2. The van der Waals surface area contributed by atoms with E-state index in [-0.39, 0.29) is 37.4 Å². The molecular formula is C18H19F3N2O4. The van der Waals surface area contributed by atoms with Crippen molar-refractivity contribution in [3.05, 3.63) is 35.4 Å². The fraction of sp³-hybridized carbons (Fsp3) is 0.500. The number of rotatable bonds is 6. The molecule has 6 nitrogen and oxygen atoms in total. The van der Waals surface area contributed by atoms with Crippen LogP contribution in [0, 0.1) is 5.92 Å². The number of amides is 2. The molecule has 1 atom stereocenters. The van der Waals surface area contributed by atoms with Gasteiger partial charge in [-0.2, -0.15) is 13.2 Å². The highest BCUT2D eigenvalue weighted by atomic mass is 19.4. The quantitative estimate of drug-likeness (QED) is 0.815. The van der Waals surface area contributed by atoms with Crippen LogP contribution >= 0.6 is 0 Å². The number of likely N-dealkylation sites (tertiary alicyclic amines) is 1. The third kappa shape index (κ3) is 4.58. The Morgan fingerprint density at radius 1 is 1.26 bits per heavy atom. The highest BCUT2D eigenvalue weighted by Crippen LogP contribution is 2.32. The number of benzene rings is 1. The van der Waals surface area contributed by atoms with Crippen molar-refractivity contribution in [2.75, 3.05) is 13.1 Å². The van der Waals surface area contributed by atoms with Crippen molar-refractivity contribution in [3.8, 4) is 0 Å². The number of carbonyl (C=O) groups is 3. The summed E-state index contributed by atoms with van der Waals surface area (Å²) in [5.74, 6) is -2.47. The number of halogens is 3. The maximum absolute atomic E-state index is 12.8. The molecule has 1 aliphatic heterocycles. The normalized spacial score (nSPS) is 20.0. The van der Waals surface area contributed by atoms with Crippen molar-refractivity contribution < 1.29 is 32.7 Å². The molecule has 1 aliphatic carbocycles. The second-order valence-electron chi connectivity index (χ2n) is 6.96. The molecule has 1 aromatic carbocycles. The molecule has 9 heteroatoms. The Bertz CT molecular complexity index is 761. The lowest BCUT2D eigenvalue weighted by Crippen LogP contribution is -2.42. The Hall–Kier alpha value is -2.58. The fourth-order valence-corrected chi connectivity index (χ4v) is 3.31. The van der Waals surface area contributed by atoms with Crippen LogP contribution in [-0.4, -0.2) is 51.8 Å². The molecule has 1 heterocycles. The predicted molar refractivity (Wildman–Crippen MR) is 87.3 cm³/mol. The molecule has 2 fully saturated rings. The van der Waals surface area contributed by atoms with E-state index in [0.717, 1.165) is 25.0 Å².